The van der Waals surface area contributed by atoms with E-state index in [0.29, 0.717) is 22.4 Å². The van der Waals surface area contributed by atoms with Crippen molar-refractivity contribution in [3.63, 3.8) is 0 Å². The SMILES string of the molecule is Cc1c(Cl)cnn1CCC(=O)Nc1ccc(S(=O)(=O)Nc2nccs2)cc1. The molecule has 11 heteroatoms. The third-order valence-corrected chi connectivity index (χ3v) is 6.24. The maximum absolute atomic E-state index is 12.3. The fourth-order valence-electron chi connectivity index (χ4n) is 2.25. The Morgan fingerprint density at radius 3 is 2.63 bits per heavy atom. The number of aromatic nitrogens is 3. The summed E-state index contributed by atoms with van der Waals surface area (Å²) >= 11 is 7.12. The summed E-state index contributed by atoms with van der Waals surface area (Å²) in [5.74, 6) is -0.211. The van der Waals surface area contributed by atoms with Gasteiger partial charge in [0, 0.05) is 23.7 Å². The molecule has 0 radical (unpaired) electrons. The first-order valence-corrected chi connectivity index (χ1v) is 10.6. The van der Waals surface area contributed by atoms with Gasteiger partial charge in [-0.3, -0.25) is 14.2 Å². The van der Waals surface area contributed by atoms with Crippen molar-refractivity contribution >= 4 is 49.7 Å². The van der Waals surface area contributed by atoms with Crippen LogP contribution in [0, 0.1) is 6.92 Å². The van der Waals surface area contributed by atoms with E-state index in [4.69, 9.17) is 11.6 Å². The lowest BCUT2D eigenvalue weighted by molar-refractivity contribution is -0.116. The lowest BCUT2D eigenvalue weighted by Gasteiger charge is -2.08. The average Bonchev–Trinajstić information content (AvgIpc) is 3.24. The van der Waals surface area contributed by atoms with Gasteiger partial charge in [0.15, 0.2) is 5.13 Å². The second-order valence-corrected chi connectivity index (χ2v) is 8.55. The van der Waals surface area contributed by atoms with Crippen LogP contribution in [0.4, 0.5) is 10.8 Å². The van der Waals surface area contributed by atoms with Crippen LogP contribution in [-0.4, -0.2) is 29.1 Å². The number of hydrogen-bond acceptors (Lipinski definition) is 6. The predicted octanol–water partition coefficient (Wildman–Crippen LogP) is 3.13. The number of halogens is 1. The summed E-state index contributed by atoms with van der Waals surface area (Å²) in [6, 6.07) is 5.90. The molecule has 0 aliphatic rings. The van der Waals surface area contributed by atoms with Gasteiger partial charge in [-0.15, -0.1) is 11.3 Å². The highest BCUT2D eigenvalue weighted by Gasteiger charge is 2.15. The Morgan fingerprint density at radius 1 is 1.30 bits per heavy atom. The van der Waals surface area contributed by atoms with Crippen LogP contribution in [0.25, 0.3) is 0 Å². The normalized spacial score (nSPS) is 11.3. The molecule has 3 aromatic rings. The van der Waals surface area contributed by atoms with Gasteiger partial charge in [0.2, 0.25) is 5.91 Å². The molecule has 142 valence electrons. The van der Waals surface area contributed by atoms with E-state index < -0.39 is 10.0 Å². The summed E-state index contributed by atoms with van der Waals surface area (Å²) in [5.41, 5.74) is 1.30. The van der Waals surface area contributed by atoms with Gasteiger partial charge in [0.1, 0.15) is 0 Å². The van der Waals surface area contributed by atoms with Gasteiger partial charge in [-0.1, -0.05) is 11.6 Å². The Balaban J connectivity index is 1.58. The number of thiazole rings is 1. The van der Waals surface area contributed by atoms with Gasteiger partial charge < -0.3 is 5.32 Å². The van der Waals surface area contributed by atoms with Crippen LogP contribution in [0.2, 0.25) is 5.02 Å². The molecule has 27 heavy (non-hydrogen) atoms. The molecule has 0 saturated heterocycles. The highest BCUT2D eigenvalue weighted by Crippen LogP contribution is 2.20. The Bertz CT molecular complexity index is 1030. The first-order valence-electron chi connectivity index (χ1n) is 7.85. The van der Waals surface area contributed by atoms with Crippen LogP contribution in [-0.2, 0) is 21.4 Å². The molecule has 0 aliphatic heterocycles. The second kappa shape index (κ2) is 8.07. The van der Waals surface area contributed by atoms with Gasteiger partial charge in [0.25, 0.3) is 10.0 Å². The summed E-state index contributed by atoms with van der Waals surface area (Å²) in [6.07, 6.45) is 3.26. The fraction of sp³-hybridized carbons (Fsp3) is 0.188. The molecule has 0 aliphatic carbocycles. The van der Waals surface area contributed by atoms with Crippen molar-refractivity contribution in [3.05, 3.63) is 52.8 Å². The highest BCUT2D eigenvalue weighted by molar-refractivity contribution is 7.93. The largest absolute Gasteiger partial charge is 0.326 e. The molecular weight excluding hydrogens is 410 g/mol. The number of aryl methyl sites for hydroxylation is 1. The van der Waals surface area contributed by atoms with E-state index in [1.54, 1.807) is 10.1 Å². The number of sulfonamides is 1. The van der Waals surface area contributed by atoms with Crippen molar-refractivity contribution in [1.29, 1.82) is 0 Å². The summed E-state index contributed by atoms with van der Waals surface area (Å²) in [5, 5.41) is 9.34. The lowest BCUT2D eigenvalue weighted by Crippen LogP contribution is -2.16. The molecule has 0 unspecified atom stereocenters. The molecule has 2 N–H and O–H groups in total. The molecule has 0 saturated carbocycles. The smallest absolute Gasteiger partial charge is 0.263 e. The quantitative estimate of drug-likeness (QED) is 0.604. The summed E-state index contributed by atoms with van der Waals surface area (Å²) in [6.45, 7) is 2.22. The number of rotatable bonds is 7. The van der Waals surface area contributed by atoms with Crippen molar-refractivity contribution in [3.8, 4) is 0 Å². The average molecular weight is 426 g/mol. The number of anilines is 2. The highest BCUT2D eigenvalue weighted by atomic mass is 35.5. The van der Waals surface area contributed by atoms with Crippen LogP contribution in [0.5, 0.6) is 0 Å². The fourth-order valence-corrected chi connectivity index (χ4v) is 4.18. The van der Waals surface area contributed by atoms with Crippen LogP contribution in [0.3, 0.4) is 0 Å². The van der Waals surface area contributed by atoms with Crippen molar-refractivity contribution in [2.45, 2.75) is 24.8 Å². The minimum absolute atomic E-state index is 0.0810. The first kappa shape index (κ1) is 19.3. The zero-order valence-electron chi connectivity index (χ0n) is 14.2. The number of nitrogens with one attached hydrogen (secondary N) is 2. The third-order valence-electron chi connectivity index (χ3n) is 3.70. The molecule has 1 amide bonds. The zero-order valence-corrected chi connectivity index (χ0v) is 16.6. The van der Waals surface area contributed by atoms with E-state index >= 15 is 0 Å². The first-order chi connectivity index (χ1) is 12.8. The number of amides is 1. The zero-order chi connectivity index (χ0) is 19.4. The molecular formula is C16H16ClN5O3S2. The second-order valence-electron chi connectivity index (χ2n) is 5.57. The minimum atomic E-state index is -3.72. The molecule has 1 aromatic carbocycles. The van der Waals surface area contributed by atoms with Crippen molar-refractivity contribution in [2.75, 3.05) is 10.0 Å². The number of carbonyl (C=O) groups is 1. The number of benzene rings is 1. The van der Waals surface area contributed by atoms with Gasteiger partial charge in [0.05, 0.1) is 28.4 Å². The lowest BCUT2D eigenvalue weighted by atomic mass is 10.3. The number of carbonyl (C=O) groups excluding carboxylic acids is 1. The van der Waals surface area contributed by atoms with Crippen LogP contribution >= 0.6 is 22.9 Å². The topological polar surface area (TPSA) is 106 Å². The molecule has 2 aromatic heterocycles. The van der Waals surface area contributed by atoms with Crippen molar-refractivity contribution in [2.24, 2.45) is 0 Å². The van der Waals surface area contributed by atoms with Crippen LogP contribution in [0.15, 0.2) is 46.9 Å². The van der Waals surface area contributed by atoms with Gasteiger partial charge >= 0.3 is 0 Å². The summed E-state index contributed by atoms with van der Waals surface area (Å²) in [7, 11) is -3.72. The Morgan fingerprint density at radius 2 is 2.04 bits per heavy atom. The van der Waals surface area contributed by atoms with E-state index in [0.717, 1.165) is 5.69 Å². The number of hydrogen-bond donors (Lipinski definition) is 2. The summed E-state index contributed by atoms with van der Waals surface area (Å²) in [4.78, 5) is 16.0. The van der Waals surface area contributed by atoms with Crippen LogP contribution in [0.1, 0.15) is 12.1 Å². The molecule has 8 nitrogen and oxygen atoms in total. The number of nitrogens with zero attached hydrogens (tertiary/aromatic N) is 3. The van der Waals surface area contributed by atoms with E-state index in [1.165, 1.54) is 48.0 Å². The van der Waals surface area contributed by atoms with E-state index in [1.807, 2.05) is 6.92 Å². The Kier molecular flexibility index (Phi) is 5.78. The molecule has 0 fully saturated rings. The van der Waals surface area contributed by atoms with Gasteiger partial charge in [-0.25, -0.2) is 13.4 Å². The molecule has 0 bridgehead atoms. The summed E-state index contributed by atoms with van der Waals surface area (Å²) < 4.78 is 28.6. The molecule has 0 spiro atoms. The van der Waals surface area contributed by atoms with Crippen molar-refractivity contribution < 1.29 is 13.2 Å². The van der Waals surface area contributed by atoms with Gasteiger partial charge in [-0.05, 0) is 31.2 Å². The maximum atomic E-state index is 12.3. The maximum Gasteiger partial charge on any atom is 0.263 e. The standard InChI is InChI=1S/C16H16ClN5O3S2/c1-11-14(17)10-19-22(11)8-6-15(23)20-12-2-4-13(5-3-12)27(24,25)21-16-18-7-9-26-16/h2-5,7,9-10H,6,8H2,1H3,(H,18,21)(H,20,23). The van der Waals surface area contributed by atoms with Crippen LogP contribution < -0.4 is 10.0 Å². The third kappa shape index (κ3) is 4.85. The Labute approximate surface area is 165 Å². The van der Waals surface area contributed by atoms with E-state index in [2.05, 4.69) is 20.1 Å². The predicted molar refractivity (Wildman–Crippen MR) is 105 cm³/mol. The van der Waals surface area contributed by atoms with E-state index in [9.17, 15) is 13.2 Å². The monoisotopic (exact) mass is 425 g/mol. The molecule has 3 rings (SSSR count). The van der Waals surface area contributed by atoms with E-state index in [-0.39, 0.29) is 17.2 Å². The Hall–Kier alpha value is -2.43. The minimum Gasteiger partial charge on any atom is -0.326 e. The molecule has 2 heterocycles. The molecule has 0 atom stereocenters. The van der Waals surface area contributed by atoms with Crippen molar-refractivity contribution in [1.82, 2.24) is 14.8 Å². The van der Waals surface area contributed by atoms with Gasteiger partial charge in [-0.2, -0.15) is 5.10 Å².